The van der Waals surface area contributed by atoms with Crippen molar-refractivity contribution in [3.8, 4) is 11.5 Å². The van der Waals surface area contributed by atoms with Gasteiger partial charge < -0.3 is 18.9 Å². The molecule has 0 N–H and O–H groups in total. The number of carbonyl (C=O) groups is 2. The molecule has 10 nitrogen and oxygen atoms in total. The Hall–Kier alpha value is -4.52. The number of aromatic nitrogens is 2. The monoisotopic (exact) mass is 752 g/mol. The van der Waals surface area contributed by atoms with Crippen molar-refractivity contribution >= 4 is 41.1 Å². The highest BCUT2D eigenvalue weighted by Crippen LogP contribution is 2.63. The Kier molecular flexibility index (Phi) is 10.2. The Morgan fingerprint density at radius 1 is 1.00 bits per heavy atom. The minimum atomic E-state index is -3.07. The third kappa shape index (κ3) is 7.51. The van der Waals surface area contributed by atoms with E-state index in [-0.39, 0.29) is 46.2 Å². The number of anilines is 1. The van der Waals surface area contributed by atoms with Gasteiger partial charge in [-0.1, -0.05) is 47.5 Å². The number of ether oxygens (including phenoxy) is 4. The molecule has 2 aromatic carbocycles. The van der Waals surface area contributed by atoms with Gasteiger partial charge in [-0.05, 0) is 79.9 Å². The van der Waals surface area contributed by atoms with Crippen LogP contribution in [0.15, 0.2) is 79.3 Å². The van der Waals surface area contributed by atoms with Crippen molar-refractivity contribution in [2.45, 2.75) is 57.7 Å². The van der Waals surface area contributed by atoms with Crippen LogP contribution < -0.4 is 14.4 Å². The fraction of sp³-hybridized carbons (Fsp3) is 0.368. The number of carbonyl (C=O) groups excluding carboxylic acids is 2. The van der Waals surface area contributed by atoms with E-state index in [9.17, 15) is 18.4 Å². The predicted octanol–water partition coefficient (Wildman–Crippen LogP) is 8.16. The summed E-state index contributed by atoms with van der Waals surface area (Å²) in [6.45, 7) is 3.35. The van der Waals surface area contributed by atoms with Crippen LogP contribution in [-0.2, 0) is 22.4 Å². The first-order valence-electron chi connectivity index (χ1n) is 17.0. The molecule has 3 saturated heterocycles. The molecule has 4 aliphatic rings. The van der Waals surface area contributed by atoms with E-state index in [4.69, 9.17) is 37.4 Å². The molecule has 5 atom stereocenters. The Labute approximate surface area is 309 Å². The van der Waals surface area contributed by atoms with E-state index >= 15 is 0 Å². The quantitative estimate of drug-likeness (QED) is 0.125. The van der Waals surface area contributed by atoms with Gasteiger partial charge in [-0.15, -0.1) is 0 Å². The van der Waals surface area contributed by atoms with Gasteiger partial charge in [0, 0.05) is 49.9 Å². The molecule has 1 aliphatic carbocycles. The van der Waals surface area contributed by atoms with Crippen LogP contribution in [0.25, 0.3) is 0 Å². The maximum Gasteiger partial charge on any atom is 0.416 e. The molecule has 0 radical (unpaired) electrons. The van der Waals surface area contributed by atoms with Gasteiger partial charge in [0.05, 0.1) is 28.3 Å². The van der Waals surface area contributed by atoms with Crippen molar-refractivity contribution in [1.29, 1.82) is 0 Å². The summed E-state index contributed by atoms with van der Waals surface area (Å²) in [5, 5.41) is 0.528. The number of pyridine rings is 2. The Morgan fingerprint density at radius 3 is 2.38 bits per heavy atom. The Morgan fingerprint density at radius 2 is 1.77 bits per heavy atom. The van der Waals surface area contributed by atoms with E-state index in [1.54, 1.807) is 56.4 Å². The number of fused-ring (bicyclic) bond motifs is 1. The summed E-state index contributed by atoms with van der Waals surface area (Å²) in [7, 11) is 0. The van der Waals surface area contributed by atoms with Crippen LogP contribution in [0.3, 0.4) is 0 Å². The first-order valence-corrected chi connectivity index (χ1v) is 17.7. The van der Waals surface area contributed by atoms with Crippen molar-refractivity contribution in [1.82, 2.24) is 14.9 Å². The minimum Gasteiger partial charge on any atom is -0.487 e. The molecule has 0 spiro atoms. The highest BCUT2D eigenvalue weighted by Gasteiger charge is 2.74. The first kappa shape index (κ1) is 35.9. The normalized spacial score (nSPS) is 21.8. The van der Waals surface area contributed by atoms with Gasteiger partial charge in [0.25, 0.3) is 0 Å². The molecular formula is C38H36Cl2F2N4O6. The largest absolute Gasteiger partial charge is 0.487 e. The summed E-state index contributed by atoms with van der Waals surface area (Å²) >= 11 is 12.9. The molecule has 1 saturated carbocycles. The molecule has 272 valence electrons. The molecule has 4 bridgehead atoms. The number of halogens is 4. The van der Waals surface area contributed by atoms with E-state index < -0.39 is 30.4 Å². The van der Waals surface area contributed by atoms with Gasteiger partial charge in [-0.25, -0.2) is 14.6 Å². The third-order valence-electron chi connectivity index (χ3n) is 9.78. The molecule has 3 aliphatic heterocycles. The molecule has 5 heterocycles. The van der Waals surface area contributed by atoms with E-state index in [0.717, 1.165) is 31.6 Å². The number of rotatable bonds is 13. The van der Waals surface area contributed by atoms with Gasteiger partial charge in [-0.2, -0.15) is 8.78 Å². The van der Waals surface area contributed by atoms with Crippen LogP contribution in [0, 0.1) is 11.8 Å². The molecule has 4 fully saturated rings. The number of alkyl halides is 2. The average Bonchev–Trinajstić information content (AvgIpc) is 3.61. The number of esters is 1. The highest BCUT2D eigenvalue weighted by atomic mass is 35.5. The second-order valence-electron chi connectivity index (χ2n) is 13.5. The molecule has 1 amide bonds. The van der Waals surface area contributed by atoms with Crippen molar-refractivity contribution < 1.29 is 37.3 Å². The lowest BCUT2D eigenvalue weighted by Crippen LogP contribution is -2.42. The maximum atomic E-state index is 13.7. The SMILES string of the molecule is CC(C)Oc1cc([C@H](Cc2c(Cl)cncc2Cl)OC(=O)c2ccc(CN(C(=O)O[C@]34CN5CCC3C4C5)c3ccccn3)cc2)ccc1OC(F)F. The van der Waals surface area contributed by atoms with E-state index in [1.165, 1.54) is 35.5 Å². The summed E-state index contributed by atoms with van der Waals surface area (Å²) in [6, 6.07) is 16.4. The standard InChI is InChI=1S/C38H36Cl2F2N4O6/c1-22(2)49-33-15-25(10-11-31(33)51-36(41)42)32(16-26-29(39)17-43-18-30(26)40)50-35(47)24-8-6-23(7-9-24)19-46(34-5-3-4-13-44-34)37(48)52-38-21-45-14-12-27(38)28(38)20-45/h3-11,13,15,17-18,22,27-28,32,36H,12,14,16,19-21H2,1-2H3/t27?,28?,32-,38+/m0/s1. The number of hydrogen-bond acceptors (Lipinski definition) is 9. The second kappa shape index (κ2) is 14.8. The van der Waals surface area contributed by atoms with Gasteiger partial charge in [0.15, 0.2) is 11.5 Å². The molecule has 4 aromatic rings. The van der Waals surface area contributed by atoms with Gasteiger partial charge >= 0.3 is 18.7 Å². The number of amides is 1. The van der Waals surface area contributed by atoms with Crippen molar-refractivity contribution in [2.24, 2.45) is 11.8 Å². The smallest absolute Gasteiger partial charge is 0.416 e. The molecule has 52 heavy (non-hydrogen) atoms. The lowest BCUT2D eigenvalue weighted by molar-refractivity contribution is -0.0519. The van der Waals surface area contributed by atoms with Crippen LogP contribution >= 0.6 is 23.2 Å². The molecule has 14 heteroatoms. The fourth-order valence-corrected chi connectivity index (χ4v) is 7.83. The Balaban J connectivity index is 1.11. The van der Waals surface area contributed by atoms with Crippen LogP contribution in [0.2, 0.25) is 10.0 Å². The Bertz CT molecular complexity index is 1910. The minimum absolute atomic E-state index is 0.0439. The van der Waals surface area contributed by atoms with Crippen LogP contribution in [0.5, 0.6) is 11.5 Å². The lowest BCUT2D eigenvalue weighted by atomic mass is 10.0. The topological polar surface area (TPSA) is 103 Å². The molecular weight excluding hydrogens is 717 g/mol. The summed E-state index contributed by atoms with van der Waals surface area (Å²) in [5.41, 5.74) is 1.46. The molecule has 8 rings (SSSR count). The average molecular weight is 754 g/mol. The number of nitrogens with zero attached hydrogens (tertiary/aromatic N) is 4. The number of piperidine rings is 3. The zero-order valence-electron chi connectivity index (χ0n) is 28.4. The summed E-state index contributed by atoms with van der Waals surface area (Å²) in [4.78, 5) is 39.6. The zero-order chi connectivity index (χ0) is 36.6. The highest BCUT2D eigenvalue weighted by molar-refractivity contribution is 6.35. The lowest BCUT2D eigenvalue weighted by Gasteiger charge is -2.30. The number of hydrogen-bond donors (Lipinski definition) is 0. The van der Waals surface area contributed by atoms with Crippen molar-refractivity contribution in [3.05, 3.63) is 112 Å². The van der Waals surface area contributed by atoms with E-state index in [0.29, 0.717) is 28.8 Å². The maximum absolute atomic E-state index is 13.7. The van der Waals surface area contributed by atoms with Gasteiger partial charge in [0.2, 0.25) is 0 Å². The summed E-state index contributed by atoms with van der Waals surface area (Å²) < 4.78 is 49.0. The van der Waals surface area contributed by atoms with Gasteiger partial charge in [0.1, 0.15) is 17.5 Å². The summed E-state index contributed by atoms with van der Waals surface area (Å²) in [5.74, 6) is 0.467. The van der Waals surface area contributed by atoms with Crippen molar-refractivity contribution in [2.75, 3.05) is 24.5 Å². The predicted molar refractivity (Wildman–Crippen MR) is 189 cm³/mol. The third-order valence-corrected chi connectivity index (χ3v) is 10.4. The number of benzene rings is 2. The fourth-order valence-electron chi connectivity index (χ4n) is 7.31. The van der Waals surface area contributed by atoms with Crippen LogP contribution in [0.4, 0.5) is 19.4 Å². The van der Waals surface area contributed by atoms with E-state index in [1.807, 2.05) is 6.07 Å². The first-order chi connectivity index (χ1) is 25.0. The van der Waals surface area contributed by atoms with Crippen LogP contribution in [-0.4, -0.2) is 64.9 Å². The molecule has 3 unspecified atom stereocenters. The van der Waals surface area contributed by atoms with Crippen LogP contribution in [0.1, 0.15) is 53.4 Å². The molecule has 2 aromatic heterocycles. The second-order valence-corrected chi connectivity index (χ2v) is 14.3. The zero-order valence-corrected chi connectivity index (χ0v) is 29.9. The summed E-state index contributed by atoms with van der Waals surface area (Å²) in [6.07, 6.45) is 3.76. The van der Waals surface area contributed by atoms with Crippen molar-refractivity contribution in [3.63, 3.8) is 0 Å². The van der Waals surface area contributed by atoms with Gasteiger partial charge in [-0.3, -0.25) is 14.8 Å². The van der Waals surface area contributed by atoms with E-state index in [2.05, 4.69) is 19.6 Å².